The molecule has 2 saturated carbocycles. The standard InChI is InChI=1S/C23H38F2N4O3S/c24-23(25)8-10-28(11-9-23)22(30)20-14-16-6-7-17(21(26)27)15-19(16)29(20)12-13-33(31,32)18-4-2-1-3-5-18/h16-20H,1-15H2,(H3,26,27). The Hall–Kier alpha value is -1.29. The lowest BCUT2D eigenvalue weighted by Crippen LogP contribution is -2.53. The largest absolute Gasteiger partial charge is 0.387 e. The van der Waals surface area contributed by atoms with E-state index in [2.05, 4.69) is 0 Å². The molecule has 3 N–H and O–H groups in total. The highest BCUT2D eigenvalue weighted by Gasteiger charge is 2.49. The van der Waals surface area contributed by atoms with Crippen LogP contribution in [0.25, 0.3) is 0 Å². The van der Waals surface area contributed by atoms with Crippen LogP contribution in [0.3, 0.4) is 0 Å². The second-order valence-electron chi connectivity index (χ2n) is 10.6. The van der Waals surface area contributed by atoms with Crippen LogP contribution in [-0.2, 0) is 14.6 Å². The average Bonchev–Trinajstić information content (AvgIpc) is 3.15. The van der Waals surface area contributed by atoms with Crippen molar-refractivity contribution in [2.45, 2.75) is 93.9 Å². The molecule has 0 radical (unpaired) electrons. The third-order valence-electron chi connectivity index (χ3n) is 8.53. The zero-order chi connectivity index (χ0) is 23.8. The lowest BCUT2D eigenvalue weighted by molar-refractivity contribution is -0.142. The summed E-state index contributed by atoms with van der Waals surface area (Å²) in [7, 11) is -3.26. The molecule has 0 spiro atoms. The van der Waals surface area contributed by atoms with E-state index in [1.807, 2.05) is 4.90 Å². The van der Waals surface area contributed by atoms with Gasteiger partial charge in [-0.2, -0.15) is 0 Å². The minimum atomic E-state index is -3.26. The Labute approximate surface area is 195 Å². The number of nitrogens with two attached hydrogens (primary N) is 1. The Morgan fingerprint density at radius 1 is 1.03 bits per heavy atom. The van der Waals surface area contributed by atoms with Gasteiger partial charge in [0.15, 0.2) is 9.84 Å². The van der Waals surface area contributed by atoms with Crippen LogP contribution < -0.4 is 5.73 Å². The van der Waals surface area contributed by atoms with Gasteiger partial charge in [-0.05, 0) is 44.4 Å². The number of carbonyl (C=O) groups is 1. The molecule has 33 heavy (non-hydrogen) atoms. The monoisotopic (exact) mass is 488 g/mol. The molecule has 0 aromatic rings. The minimum Gasteiger partial charge on any atom is -0.387 e. The van der Waals surface area contributed by atoms with Crippen LogP contribution in [0.4, 0.5) is 8.78 Å². The van der Waals surface area contributed by atoms with Crippen LogP contribution in [0.5, 0.6) is 0 Å². The van der Waals surface area contributed by atoms with E-state index in [-0.39, 0.29) is 73.1 Å². The SMILES string of the molecule is N=C(N)C1CCC2CC(C(=O)N3CCC(F)(F)CC3)N(CCS(=O)(=O)C3CCCCC3)C2C1. The molecule has 10 heteroatoms. The maximum atomic E-state index is 13.6. The van der Waals surface area contributed by atoms with Crippen molar-refractivity contribution in [1.29, 1.82) is 5.41 Å². The van der Waals surface area contributed by atoms with Crippen molar-refractivity contribution in [2.75, 3.05) is 25.4 Å². The first kappa shape index (κ1) is 24.8. The van der Waals surface area contributed by atoms with Gasteiger partial charge in [-0.25, -0.2) is 17.2 Å². The van der Waals surface area contributed by atoms with E-state index in [9.17, 15) is 22.0 Å². The summed E-state index contributed by atoms with van der Waals surface area (Å²) >= 11 is 0. The first-order valence-electron chi connectivity index (χ1n) is 12.6. The summed E-state index contributed by atoms with van der Waals surface area (Å²) in [5.41, 5.74) is 5.80. The summed E-state index contributed by atoms with van der Waals surface area (Å²) in [4.78, 5) is 17.0. The highest BCUT2D eigenvalue weighted by atomic mass is 32.2. The van der Waals surface area contributed by atoms with Gasteiger partial charge >= 0.3 is 0 Å². The van der Waals surface area contributed by atoms with Gasteiger partial charge in [0.2, 0.25) is 5.91 Å². The number of hydrogen-bond donors (Lipinski definition) is 2. The number of hydrogen-bond acceptors (Lipinski definition) is 5. The lowest BCUT2D eigenvalue weighted by Gasteiger charge is -2.39. The second-order valence-corrected chi connectivity index (χ2v) is 13.0. The summed E-state index contributed by atoms with van der Waals surface area (Å²) in [5, 5.41) is 7.60. The van der Waals surface area contributed by atoms with Gasteiger partial charge in [0.25, 0.3) is 5.92 Å². The molecule has 2 aliphatic carbocycles. The van der Waals surface area contributed by atoms with Crippen LogP contribution in [-0.4, -0.2) is 78.6 Å². The molecule has 4 aliphatic rings. The van der Waals surface area contributed by atoms with Gasteiger partial charge < -0.3 is 10.6 Å². The smallest absolute Gasteiger partial charge is 0.251 e. The molecule has 4 rings (SSSR count). The van der Waals surface area contributed by atoms with Gasteiger partial charge in [0, 0.05) is 44.4 Å². The highest BCUT2D eigenvalue weighted by Crippen LogP contribution is 2.43. The molecular weight excluding hydrogens is 450 g/mol. The molecule has 188 valence electrons. The number of sulfone groups is 1. The third kappa shape index (κ3) is 5.52. The average molecular weight is 489 g/mol. The Bertz CT molecular complexity index is 837. The fraction of sp³-hybridized carbons (Fsp3) is 0.913. The van der Waals surface area contributed by atoms with Crippen LogP contribution in [0, 0.1) is 17.2 Å². The number of fused-ring (bicyclic) bond motifs is 1. The normalized spacial score (nSPS) is 33.6. The quantitative estimate of drug-likeness (QED) is 0.442. The van der Waals surface area contributed by atoms with Crippen molar-refractivity contribution in [3.8, 4) is 0 Å². The van der Waals surface area contributed by atoms with Crippen molar-refractivity contribution >= 4 is 21.6 Å². The maximum absolute atomic E-state index is 13.6. The van der Waals surface area contributed by atoms with Crippen molar-refractivity contribution in [1.82, 2.24) is 9.80 Å². The summed E-state index contributed by atoms with van der Waals surface area (Å²) in [6.45, 7) is 0.370. The highest BCUT2D eigenvalue weighted by molar-refractivity contribution is 7.92. The van der Waals surface area contributed by atoms with E-state index in [4.69, 9.17) is 11.1 Å². The summed E-state index contributed by atoms with van der Waals surface area (Å²) < 4.78 is 53.4. The fourth-order valence-electron chi connectivity index (χ4n) is 6.48. The molecule has 2 heterocycles. The summed E-state index contributed by atoms with van der Waals surface area (Å²) in [6.07, 6.45) is 6.70. The van der Waals surface area contributed by atoms with Gasteiger partial charge in [0.1, 0.15) is 0 Å². The van der Waals surface area contributed by atoms with Crippen molar-refractivity contribution in [3.05, 3.63) is 0 Å². The Balaban J connectivity index is 1.49. The molecule has 4 fully saturated rings. The van der Waals surface area contributed by atoms with E-state index >= 15 is 0 Å². The van der Waals surface area contributed by atoms with Crippen LogP contribution in [0.1, 0.15) is 70.6 Å². The molecule has 2 saturated heterocycles. The molecule has 4 unspecified atom stereocenters. The molecule has 1 amide bonds. The molecule has 0 bridgehead atoms. The number of alkyl halides is 2. The van der Waals surface area contributed by atoms with Crippen molar-refractivity contribution < 1.29 is 22.0 Å². The van der Waals surface area contributed by atoms with Gasteiger partial charge in [0.05, 0.1) is 22.9 Å². The number of amidine groups is 1. The Morgan fingerprint density at radius 3 is 2.33 bits per heavy atom. The number of piperidine rings is 1. The first-order chi connectivity index (χ1) is 15.6. The number of nitrogens with one attached hydrogen (secondary N) is 1. The predicted molar refractivity (Wildman–Crippen MR) is 123 cm³/mol. The van der Waals surface area contributed by atoms with E-state index in [0.29, 0.717) is 25.7 Å². The molecule has 7 nitrogen and oxygen atoms in total. The third-order valence-corrected chi connectivity index (χ3v) is 10.8. The number of nitrogens with zero attached hydrogens (tertiary/aromatic N) is 2. The lowest BCUT2D eigenvalue weighted by atomic mass is 9.78. The minimum absolute atomic E-state index is 0.00869. The Morgan fingerprint density at radius 2 is 1.70 bits per heavy atom. The van der Waals surface area contributed by atoms with Crippen LogP contribution in [0.15, 0.2) is 0 Å². The molecule has 0 aromatic heterocycles. The molecular formula is C23H38F2N4O3S. The van der Waals surface area contributed by atoms with Crippen LogP contribution in [0.2, 0.25) is 0 Å². The summed E-state index contributed by atoms with van der Waals surface area (Å²) in [5.74, 6) is -2.49. The van der Waals surface area contributed by atoms with E-state index in [1.54, 1.807) is 4.90 Å². The van der Waals surface area contributed by atoms with Gasteiger partial charge in [-0.3, -0.25) is 15.1 Å². The van der Waals surface area contributed by atoms with Gasteiger partial charge in [-0.15, -0.1) is 0 Å². The van der Waals surface area contributed by atoms with Gasteiger partial charge in [-0.1, -0.05) is 19.3 Å². The number of rotatable bonds is 6. The topological polar surface area (TPSA) is 108 Å². The van der Waals surface area contributed by atoms with Crippen LogP contribution >= 0.6 is 0 Å². The summed E-state index contributed by atoms with van der Waals surface area (Å²) in [6, 6.07) is -0.464. The molecule has 2 aliphatic heterocycles. The molecule has 4 atom stereocenters. The van der Waals surface area contributed by atoms with Crippen molar-refractivity contribution in [3.63, 3.8) is 0 Å². The first-order valence-corrected chi connectivity index (χ1v) is 14.3. The number of carbonyl (C=O) groups excluding carboxylic acids is 1. The van der Waals surface area contributed by atoms with E-state index in [1.165, 1.54) is 0 Å². The predicted octanol–water partition coefficient (Wildman–Crippen LogP) is 2.79. The fourth-order valence-corrected chi connectivity index (χ4v) is 8.33. The van der Waals surface area contributed by atoms with Crippen molar-refractivity contribution in [2.24, 2.45) is 17.6 Å². The number of amides is 1. The van der Waals surface area contributed by atoms with E-state index < -0.39 is 21.8 Å². The second kappa shape index (κ2) is 9.76. The number of likely N-dealkylation sites (tertiary alicyclic amines) is 2. The zero-order valence-corrected chi connectivity index (χ0v) is 20.2. The number of halogens is 2. The zero-order valence-electron chi connectivity index (χ0n) is 19.4. The Kier molecular flexibility index (Phi) is 7.34. The maximum Gasteiger partial charge on any atom is 0.251 e. The molecule has 0 aromatic carbocycles. The van der Waals surface area contributed by atoms with E-state index in [0.717, 1.165) is 32.1 Å².